The molecule has 118 valence electrons. The zero-order valence-corrected chi connectivity index (χ0v) is 12.2. The number of hydrogen-bond donors (Lipinski definition) is 1. The molecule has 1 aromatic rings. The van der Waals surface area contributed by atoms with Gasteiger partial charge in [-0.2, -0.15) is 13.2 Å². The maximum atomic E-state index is 12.5. The van der Waals surface area contributed by atoms with Gasteiger partial charge >= 0.3 is 6.18 Å². The van der Waals surface area contributed by atoms with Gasteiger partial charge in [0, 0.05) is 11.6 Å². The minimum atomic E-state index is -4.45. The number of halogens is 3. The van der Waals surface area contributed by atoms with Gasteiger partial charge in [-0.15, -0.1) is 0 Å². The Balaban J connectivity index is 3.01. The van der Waals surface area contributed by atoms with Crippen molar-refractivity contribution in [2.24, 2.45) is 0 Å². The highest BCUT2D eigenvalue weighted by molar-refractivity contribution is 5.95. The van der Waals surface area contributed by atoms with Crippen molar-refractivity contribution in [3.8, 4) is 5.75 Å². The molecule has 0 saturated carbocycles. The van der Waals surface area contributed by atoms with Crippen LogP contribution in [0.5, 0.6) is 5.75 Å². The molecular weight excluding hydrogens is 285 g/mol. The van der Waals surface area contributed by atoms with E-state index in [-0.39, 0.29) is 11.3 Å². The van der Waals surface area contributed by atoms with E-state index in [1.54, 1.807) is 6.92 Å². The smallest absolute Gasteiger partial charge is 0.406 e. The molecule has 0 aliphatic carbocycles. The summed E-state index contributed by atoms with van der Waals surface area (Å²) in [7, 11) is 0. The lowest BCUT2D eigenvalue weighted by atomic mass is 10.1. The van der Waals surface area contributed by atoms with Gasteiger partial charge < -0.3 is 15.4 Å². The van der Waals surface area contributed by atoms with Crippen LogP contribution in [0.3, 0.4) is 0 Å². The normalized spacial score (nSPS) is 11.6. The fraction of sp³-hybridized carbons (Fsp3) is 0.500. The SMILES string of the molecule is CCOc1ccc(C(=O)N(CC(F)(F)F)C(C)C)cc1N. The quantitative estimate of drug-likeness (QED) is 0.851. The summed E-state index contributed by atoms with van der Waals surface area (Å²) in [5.74, 6) is -0.307. The van der Waals surface area contributed by atoms with Crippen LogP contribution in [0.15, 0.2) is 18.2 Å². The number of carbonyl (C=O) groups is 1. The molecule has 0 unspecified atom stereocenters. The second-order valence-electron chi connectivity index (χ2n) is 4.83. The van der Waals surface area contributed by atoms with Crippen molar-refractivity contribution in [1.82, 2.24) is 4.90 Å². The lowest BCUT2D eigenvalue weighted by Crippen LogP contribution is -2.43. The monoisotopic (exact) mass is 304 g/mol. The molecule has 21 heavy (non-hydrogen) atoms. The van der Waals surface area contributed by atoms with Gasteiger partial charge in [0.15, 0.2) is 0 Å². The summed E-state index contributed by atoms with van der Waals surface area (Å²) in [5, 5.41) is 0. The van der Waals surface area contributed by atoms with Crippen LogP contribution in [-0.2, 0) is 0 Å². The molecule has 4 nitrogen and oxygen atoms in total. The highest BCUT2D eigenvalue weighted by Crippen LogP contribution is 2.25. The number of nitrogens with two attached hydrogens (primary N) is 1. The average molecular weight is 304 g/mol. The molecule has 0 radical (unpaired) electrons. The Labute approximate surface area is 121 Å². The number of anilines is 1. The van der Waals surface area contributed by atoms with Gasteiger partial charge in [0.25, 0.3) is 5.91 Å². The summed E-state index contributed by atoms with van der Waals surface area (Å²) in [6.07, 6.45) is -4.45. The van der Waals surface area contributed by atoms with Crippen molar-refractivity contribution < 1.29 is 22.7 Å². The number of amides is 1. The summed E-state index contributed by atoms with van der Waals surface area (Å²) in [4.78, 5) is 13.0. The van der Waals surface area contributed by atoms with Crippen LogP contribution < -0.4 is 10.5 Å². The van der Waals surface area contributed by atoms with Crippen molar-refractivity contribution >= 4 is 11.6 Å². The van der Waals surface area contributed by atoms with Crippen LogP contribution in [-0.4, -0.2) is 36.2 Å². The van der Waals surface area contributed by atoms with Crippen LogP contribution >= 0.6 is 0 Å². The summed E-state index contributed by atoms with van der Waals surface area (Å²) in [6, 6.07) is 3.65. The van der Waals surface area contributed by atoms with Crippen LogP contribution in [0.2, 0.25) is 0 Å². The van der Waals surface area contributed by atoms with Crippen molar-refractivity contribution in [3.63, 3.8) is 0 Å². The van der Waals surface area contributed by atoms with Gasteiger partial charge in [-0.1, -0.05) is 0 Å². The molecule has 1 amide bonds. The van der Waals surface area contributed by atoms with Crippen molar-refractivity contribution in [2.75, 3.05) is 18.9 Å². The van der Waals surface area contributed by atoms with Crippen LogP contribution in [0.1, 0.15) is 31.1 Å². The van der Waals surface area contributed by atoms with Crippen molar-refractivity contribution in [3.05, 3.63) is 23.8 Å². The van der Waals surface area contributed by atoms with E-state index in [0.29, 0.717) is 12.4 Å². The molecule has 1 rings (SSSR count). The predicted octanol–water partition coefficient (Wildman–Crippen LogP) is 3.08. The third kappa shape index (κ3) is 4.84. The van der Waals surface area contributed by atoms with E-state index in [2.05, 4.69) is 0 Å². The van der Waals surface area contributed by atoms with E-state index >= 15 is 0 Å². The summed E-state index contributed by atoms with van der Waals surface area (Å²) in [5.41, 5.74) is 6.06. The molecule has 0 bridgehead atoms. The third-order valence-electron chi connectivity index (χ3n) is 2.79. The van der Waals surface area contributed by atoms with Crippen LogP contribution in [0, 0.1) is 0 Å². The Kier molecular flexibility index (Phi) is 5.46. The fourth-order valence-electron chi connectivity index (χ4n) is 1.82. The number of carbonyl (C=O) groups excluding carboxylic acids is 1. The second-order valence-corrected chi connectivity index (χ2v) is 4.83. The van der Waals surface area contributed by atoms with E-state index in [1.165, 1.54) is 32.0 Å². The van der Waals surface area contributed by atoms with Gasteiger partial charge in [-0.3, -0.25) is 4.79 Å². The first kappa shape index (κ1) is 17.1. The number of benzene rings is 1. The zero-order valence-electron chi connectivity index (χ0n) is 12.2. The lowest BCUT2D eigenvalue weighted by Gasteiger charge is -2.28. The molecule has 0 saturated heterocycles. The highest BCUT2D eigenvalue weighted by atomic mass is 19.4. The maximum absolute atomic E-state index is 12.5. The van der Waals surface area contributed by atoms with Crippen LogP contribution in [0.4, 0.5) is 18.9 Å². The van der Waals surface area contributed by atoms with E-state index in [0.717, 1.165) is 4.90 Å². The maximum Gasteiger partial charge on any atom is 0.406 e. The van der Waals surface area contributed by atoms with Gasteiger partial charge in [0.2, 0.25) is 0 Å². The summed E-state index contributed by atoms with van der Waals surface area (Å²) >= 11 is 0. The zero-order chi connectivity index (χ0) is 16.2. The molecule has 0 spiro atoms. The molecule has 0 aliphatic rings. The number of nitrogens with zero attached hydrogens (tertiary/aromatic N) is 1. The molecule has 0 fully saturated rings. The third-order valence-corrected chi connectivity index (χ3v) is 2.79. The summed E-state index contributed by atoms with van der Waals surface area (Å²) in [6.45, 7) is 3.95. The standard InChI is InChI=1S/C14H19F3N2O2/c1-4-21-12-6-5-10(7-11(12)18)13(20)19(9(2)3)8-14(15,16)17/h5-7,9H,4,8,18H2,1-3H3. The Morgan fingerprint density at radius 3 is 2.43 bits per heavy atom. The molecule has 7 heteroatoms. The first-order chi connectivity index (χ1) is 9.65. The van der Waals surface area contributed by atoms with E-state index in [9.17, 15) is 18.0 Å². The molecule has 1 aromatic carbocycles. The summed E-state index contributed by atoms with van der Waals surface area (Å²) < 4.78 is 42.9. The number of hydrogen-bond acceptors (Lipinski definition) is 3. The van der Waals surface area contributed by atoms with E-state index in [4.69, 9.17) is 10.5 Å². The first-order valence-electron chi connectivity index (χ1n) is 6.55. The van der Waals surface area contributed by atoms with Gasteiger partial charge in [0.05, 0.1) is 12.3 Å². The highest BCUT2D eigenvalue weighted by Gasteiger charge is 2.34. The Hall–Kier alpha value is -1.92. The van der Waals surface area contributed by atoms with Gasteiger partial charge in [0.1, 0.15) is 12.3 Å². The van der Waals surface area contributed by atoms with E-state index in [1.807, 2.05) is 0 Å². The predicted molar refractivity (Wildman–Crippen MR) is 74.3 cm³/mol. The first-order valence-corrected chi connectivity index (χ1v) is 6.55. The molecule has 2 N–H and O–H groups in total. The van der Waals surface area contributed by atoms with E-state index < -0.39 is 24.7 Å². The number of rotatable bonds is 5. The second kappa shape index (κ2) is 6.69. The Bertz CT molecular complexity index is 501. The number of alkyl halides is 3. The molecule has 0 aromatic heterocycles. The molecule has 0 aliphatic heterocycles. The molecule has 0 atom stereocenters. The number of nitrogen functional groups attached to an aromatic ring is 1. The average Bonchev–Trinajstić information content (AvgIpc) is 2.36. The topological polar surface area (TPSA) is 55.6 Å². The molecule has 0 heterocycles. The van der Waals surface area contributed by atoms with Crippen molar-refractivity contribution in [1.29, 1.82) is 0 Å². The largest absolute Gasteiger partial charge is 0.492 e. The minimum Gasteiger partial charge on any atom is -0.492 e. The number of ether oxygens (including phenoxy) is 1. The van der Waals surface area contributed by atoms with Gasteiger partial charge in [-0.25, -0.2) is 0 Å². The Morgan fingerprint density at radius 1 is 1.38 bits per heavy atom. The fourth-order valence-corrected chi connectivity index (χ4v) is 1.82. The molecular formula is C14H19F3N2O2. The van der Waals surface area contributed by atoms with Gasteiger partial charge in [-0.05, 0) is 39.0 Å². The lowest BCUT2D eigenvalue weighted by molar-refractivity contribution is -0.143. The van der Waals surface area contributed by atoms with Crippen LogP contribution in [0.25, 0.3) is 0 Å². The van der Waals surface area contributed by atoms with Crippen molar-refractivity contribution in [2.45, 2.75) is 33.0 Å². The Morgan fingerprint density at radius 2 is 2.00 bits per heavy atom. The minimum absolute atomic E-state index is 0.105.